The van der Waals surface area contributed by atoms with Crippen molar-refractivity contribution in [3.63, 3.8) is 0 Å². The van der Waals surface area contributed by atoms with Crippen LogP contribution < -0.4 is 11.1 Å². The second-order valence-electron chi connectivity index (χ2n) is 5.88. The van der Waals surface area contributed by atoms with Gasteiger partial charge >= 0.3 is 0 Å². The van der Waals surface area contributed by atoms with E-state index in [2.05, 4.69) is 37.9 Å². The SMILES string of the molecule is CCNC(C)(CC(C)N(CC)CC(C)CC)C(N)=O. The van der Waals surface area contributed by atoms with Gasteiger partial charge in [0.2, 0.25) is 5.91 Å². The third-order valence-electron chi connectivity index (χ3n) is 4.09. The summed E-state index contributed by atoms with van der Waals surface area (Å²) in [6, 6.07) is 0.343. The molecule has 0 saturated heterocycles. The van der Waals surface area contributed by atoms with Crippen LogP contribution in [0.4, 0.5) is 0 Å². The number of nitrogens with one attached hydrogen (secondary N) is 1. The Labute approximate surface area is 119 Å². The maximum atomic E-state index is 11.7. The molecule has 3 atom stereocenters. The molecule has 0 aliphatic rings. The molecule has 0 saturated carbocycles. The zero-order valence-electron chi connectivity index (χ0n) is 13.6. The molecule has 0 aromatic heterocycles. The monoisotopic (exact) mass is 271 g/mol. The predicted octanol–water partition coefficient (Wildman–Crippen LogP) is 1.99. The third kappa shape index (κ3) is 5.91. The van der Waals surface area contributed by atoms with Crippen LogP contribution in [0.5, 0.6) is 0 Å². The van der Waals surface area contributed by atoms with Gasteiger partial charge in [-0.3, -0.25) is 4.79 Å². The second-order valence-corrected chi connectivity index (χ2v) is 5.88. The van der Waals surface area contributed by atoms with Crippen molar-refractivity contribution >= 4 is 5.91 Å². The van der Waals surface area contributed by atoms with E-state index in [4.69, 9.17) is 5.73 Å². The molecule has 0 aliphatic carbocycles. The molecule has 19 heavy (non-hydrogen) atoms. The Hall–Kier alpha value is -0.610. The minimum atomic E-state index is -0.614. The summed E-state index contributed by atoms with van der Waals surface area (Å²) in [5.74, 6) is 0.419. The standard InChI is InChI=1S/C15H33N3O/c1-7-12(4)11-18(9-3)13(5)10-15(6,14(16)19)17-8-2/h12-13,17H,7-11H2,1-6H3,(H2,16,19). The molecule has 0 radical (unpaired) electrons. The molecule has 114 valence electrons. The first kappa shape index (κ1) is 18.4. The molecule has 1 amide bonds. The van der Waals surface area contributed by atoms with Gasteiger partial charge in [-0.1, -0.05) is 34.1 Å². The van der Waals surface area contributed by atoms with Gasteiger partial charge in [-0.2, -0.15) is 0 Å². The largest absolute Gasteiger partial charge is 0.368 e. The van der Waals surface area contributed by atoms with E-state index in [1.165, 1.54) is 6.42 Å². The van der Waals surface area contributed by atoms with Gasteiger partial charge in [0.05, 0.1) is 5.54 Å². The van der Waals surface area contributed by atoms with Crippen molar-refractivity contribution in [2.45, 2.75) is 66.0 Å². The summed E-state index contributed by atoms with van der Waals surface area (Å²) < 4.78 is 0. The summed E-state index contributed by atoms with van der Waals surface area (Å²) >= 11 is 0. The van der Waals surface area contributed by atoms with Crippen LogP contribution in [0.25, 0.3) is 0 Å². The highest BCUT2D eigenvalue weighted by Gasteiger charge is 2.33. The van der Waals surface area contributed by atoms with Gasteiger partial charge in [-0.25, -0.2) is 0 Å². The maximum absolute atomic E-state index is 11.7. The zero-order valence-corrected chi connectivity index (χ0v) is 13.6. The van der Waals surface area contributed by atoms with Crippen LogP contribution >= 0.6 is 0 Å². The first-order chi connectivity index (χ1) is 8.80. The minimum Gasteiger partial charge on any atom is -0.368 e. The number of likely N-dealkylation sites (N-methyl/N-ethyl adjacent to an activating group) is 1. The Morgan fingerprint density at radius 3 is 2.26 bits per heavy atom. The van der Waals surface area contributed by atoms with E-state index in [1.54, 1.807) is 0 Å². The number of carbonyl (C=O) groups excluding carboxylic acids is 1. The van der Waals surface area contributed by atoms with E-state index < -0.39 is 5.54 Å². The van der Waals surface area contributed by atoms with E-state index in [9.17, 15) is 4.79 Å². The molecule has 0 aromatic rings. The van der Waals surface area contributed by atoms with E-state index in [0.29, 0.717) is 12.0 Å². The first-order valence-corrected chi connectivity index (χ1v) is 7.59. The normalized spacial score (nSPS) is 18.1. The molecule has 4 heteroatoms. The molecule has 3 unspecified atom stereocenters. The lowest BCUT2D eigenvalue weighted by atomic mass is 9.91. The van der Waals surface area contributed by atoms with Crippen molar-refractivity contribution in [3.05, 3.63) is 0 Å². The highest BCUT2D eigenvalue weighted by molar-refractivity contribution is 5.84. The van der Waals surface area contributed by atoms with Gasteiger partial charge in [0.15, 0.2) is 0 Å². The van der Waals surface area contributed by atoms with E-state index >= 15 is 0 Å². The molecule has 0 spiro atoms. The molecular formula is C15H33N3O. The Morgan fingerprint density at radius 1 is 1.32 bits per heavy atom. The maximum Gasteiger partial charge on any atom is 0.237 e. The van der Waals surface area contributed by atoms with Crippen LogP contribution in [0.1, 0.15) is 54.4 Å². The number of nitrogens with zero attached hydrogens (tertiary/aromatic N) is 1. The fourth-order valence-electron chi connectivity index (χ4n) is 2.52. The lowest BCUT2D eigenvalue weighted by Gasteiger charge is -2.36. The topological polar surface area (TPSA) is 58.4 Å². The zero-order chi connectivity index (χ0) is 15.1. The van der Waals surface area contributed by atoms with E-state index in [0.717, 1.165) is 26.1 Å². The number of hydrogen-bond donors (Lipinski definition) is 2. The number of rotatable bonds is 10. The second kappa shape index (κ2) is 8.54. The summed E-state index contributed by atoms with van der Waals surface area (Å²) in [6.07, 6.45) is 1.93. The van der Waals surface area contributed by atoms with E-state index in [1.807, 2.05) is 13.8 Å². The smallest absolute Gasteiger partial charge is 0.237 e. The summed E-state index contributed by atoms with van der Waals surface area (Å²) in [5, 5.41) is 3.23. The molecule has 0 bridgehead atoms. The van der Waals surface area contributed by atoms with Gasteiger partial charge in [0.1, 0.15) is 0 Å². The Morgan fingerprint density at radius 2 is 1.89 bits per heavy atom. The van der Waals surface area contributed by atoms with Crippen molar-refractivity contribution in [3.8, 4) is 0 Å². The lowest BCUT2D eigenvalue weighted by molar-refractivity contribution is -0.124. The van der Waals surface area contributed by atoms with Crippen molar-refractivity contribution in [2.24, 2.45) is 11.7 Å². The quantitative estimate of drug-likeness (QED) is 0.639. The van der Waals surface area contributed by atoms with E-state index in [-0.39, 0.29) is 5.91 Å². The predicted molar refractivity (Wildman–Crippen MR) is 82.1 cm³/mol. The average Bonchev–Trinajstić information content (AvgIpc) is 2.35. The Kier molecular flexibility index (Phi) is 8.26. The highest BCUT2D eigenvalue weighted by atomic mass is 16.1. The van der Waals surface area contributed by atoms with Gasteiger partial charge in [-0.05, 0) is 39.3 Å². The summed E-state index contributed by atoms with van der Waals surface area (Å²) in [7, 11) is 0. The van der Waals surface area contributed by atoms with Crippen molar-refractivity contribution in [1.29, 1.82) is 0 Å². The van der Waals surface area contributed by atoms with Crippen LogP contribution in [0, 0.1) is 5.92 Å². The lowest BCUT2D eigenvalue weighted by Crippen LogP contribution is -2.56. The van der Waals surface area contributed by atoms with Gasteiger partial charge in [0.25, 0.3) is 0 Å². The molecule has 3 N–H and O–H groups in total. The molecule has 4 nitrogen and oxygen atoms in total. The van der Waals surface area contributed by atoms with Crippen molar-refractivity contribution in [1.82, 2.24) is 10.2 Å². The fraction of sp³-hybridized carbons (Fsp3) is 0.933. The molecule has 0 aliphatic heterocycles. The Balaban J connectivity index is 4.68. The molecule has 0 fully saturated rings. The highest BCUT2D eigenvalue weighted by Crippen LogP contribution is 2.18. The number of amides is 1. The average molecular weight is 271 g/mol. The number of carbonyl (C=O) groups is 1. The third-order valence-corrected chi connectivity index (χ3v) is 4.09. The van der Waals surface area contributed by atoms with Crippen LogP contribution in [0.2, 0.25) is 0 Å². The number of hydrogen-bond acceptors (Lipinski definition) is 3. The van der Waals surface area contributed by atoms with Crippen LogP contribution in [-0.4, -0.2) is 42.0 Å². The first-order valence-electron chi connectivity index (χ1n) is 7.59. The Bertz CT molecular complexity index is 270. The van der Waals surface area contributed by atoms with Crippen LogP contribution in [0.15, 0.2) is 0 Å². The molecule has 0 rings (SSSR count). The number of primary amides is 1. The summed E-state index contributed by atoms with van der Waals surface area (Å²) in [5.41, 5.74) is 4.94. The van der Waals surface area contributed by atoms with Crippen LogP contribution in [0.3, 0.4) is 0 Å². The fourth-order valence-corrected chi connectivity index (χ4v) is 2.52. The molecule has 0 heterocycles. The minimum absolute atomic E-state index is 0.263. The van der Waals surface area contributed by atoms with Crippen molar-refractivity contribution < 1.29 is 4.79 Å². The van der Waals surface area contributed by atoms with Gasteiger partial charge < -0.3 is 16.0 Å². The number of nitrogens with two attached hydrogens (primary N) is 1. The molecular weight excluding hydrogens is 238 g/mol. The van der Waals surface area contributed by atoms with Gasteiger partial charge in [0, 0.05) is 12.6 Å². The summed E-state index contributed by atoms with van der Waals surface area (Å²) in [4.78, 5) is 14.1. The van der Waals surface area contributed by atoms with Crippen LogP contribution in [-0.2, 0) is 4.79 Å². The molecule has 0 aromatic carbocycles. The van der Waals surface area contributed by atoms with Crippen molar-refractivity contribution in [2.75, 3.05) is 19.6 Å². The summed E-state index contributed by atoms with van der Waals surface area (Å²) in [6.45, 7) is 15.6. The van der Waals surface area contributed by atoms with Gasteiger partial charge in [-0.15, -0.1) is 0 Å².